The monoisotopic (exact) mass is 220 g/mol. The summed E-state index contributed by atoms with van der Waals surface area (Å²) in [4.78, 5) is 4.43. The molecule has 1 heterocycles. The van der Waals surface area contributed by atoms with E-state index in [0.29, 0.717) is 5.71 Å². The van der Waals surface area contributed by atoms with Crippen LogP contribution in [-0.4, -0.2) is 15.9 Å². The highest BCUT2D eigenvalue weighted by Crippen LogP contribution is 2.23. The largest absolute Gasteiger partial charge is 0.411 e. The first-order chi connectivity index (χ1) is 7.22. The van der Waals surface area contributed by atoms with Gasteiger partial charge in [-0.05, 0) is 12.1 Å². The Morgan fingerprint density at radius 2 is 2.13 bits per heavy atom. The number of nitrogens with zero attached hydrogens (tertiary/aromatic N) is 2. The van der Waals surface area contributed by atoms with E-state index in [4.69, 9.17) is 5.21 Å². The van der Waals surface area contributed by atoms with Crippen molar-refractivity contribution in [3.8, 4) is 0 Å². The molecule has 1 aromatic carbocycles. The molecule has 0 atom stereocenters. The molecule has 0 aliphatic carbocycles. The molecule has 0 spiro atoms. The molecule has 0 radical (unpaired) electrons. The fourth-order valence-corrected chi connectivity index (χ4v) is 2.49. The highest BCUT2D eigenvalue weighted by molar-refractivity contribution is 7.20. The van der Waals surface area contributed by atoms with E-state index >= 15 is 0 Å². The van der Waals surface area contributed by atoms with Crippen molar-refractivity contribution in [3.63, 3.8) is 0 Å². The fourth-order valence-electron chi connectivity index (χ4n) is 1.39. The van der Waals surface area contributed by atoms with Crippen LogP contribution in [0.25, 0.3) is 10.2 Å². The molecule has 4 heteroatoms. The molecular formula is C11H12N2OS. The summed E-state index contributed by atoms with van der Waals surface area (Å²) < 4.78 is 1.12. The minimum atomic E-state index is 0.176. The lowest BCUT2D eigenvalue weighted by atomic mass is 10.1. The first kappa shape index (κ1) is 10.1. The van der Waals surface area contributed by atoms with E-state index in [1.165, 1.54) is 0 Å². The van der Waals surface area contributed by atoms with Crippen LogP contribution in [0.1, 0.15) is 18.9 Å². The Balaban J connectivity index is 2.53. The third-order valence-corrected chi connectivity index (χ3v) is 3.23. The molecule has 0 aliphatic rings. The molecule has 0 bridgehead atoms. The van der Waals surface area contributed by atoms with Crippen molar-refractivity contribution in [2.75, 3.05) is 0 Å². The average molecular weight is 220 g/mol. The van der Waals surface area contributed by atoms with E-state index in [1.807, 2.05) is 38.1 Å². The van der Waals surface area contributed by atoms with Gasteiger partial charge in [0.15, 0.2) is 0 Å². The summed E-state index contributed by atoms with van der Waals surface area (Å²) in [7, 11) is 0. The molecule has 0 amide bonds. The third kappa shape index (κ3) is 1.85. The molecule has 2 rings (SSSR count). The number of rotatable bonds is 2. The molecule has 0 saturated heterocycles. The summed E-state index contributed by atoms with van der Waals surface area (Å²) in [6, 6.07) is 7.92. The van der Waals surface area contributed by atoms with Gasteiger partial charge in [-0.25, -0.2) is 4.98 Å². The SMILES string of the molecule is CC(C)/C(=N\O)c1nc2ccccc2s1. The molecule has 15 heavy (non-hydrogen) atoms. The molecule has 0 aliphatic heterocycles. The van der Waals surface area contributed by atoms with Gasteiger partial charge >= 0.3 is 0 Å². The van der Waals surface area contributed by atoms with E-state index in [-0.39, 0.29) is 5.92 Å². The van der Waals surface area contributed by atoms with Crippen molar-refractivity contribution in [3.05, 3.63) is 29.3 Å². The molecule has 1 N–H and O–H groups in total. The molecule has 0 saturated carbocycles. The van der Waals surface area contributed by atoms with Crippen LogP contribution in [0, 0.1) is 5.92 Å². The number of benzene rings is 1. The van der Waals surface area contributed by atoms with E-state index in [2.05, 4.69) is 10.1 Å². The van der Waals surface area contributed by atoms with Crippen LogP contribution in [0.3, 0.4) is 0 Å². The molecule has 2 aromatic rings. The summed E-state index contributed by atoms with van der Waals surface area (Å²) >= 11 is 1.56. The van der Waals surface area contributed by atoms with Gasteiger partial charge in [-0.2, -0.15) is 0 Å². The Morgan fingerprint density at radius 1 is 1.40 bits per heavy atom. The van der Waals surface area contributed by atoms with Gasteiger partial charge in [-0.1, -0.05) is 31.1 Å². The lowest BCUT2D eigenvalue weighted by Gasteiger charge is -2.02. The van der Waals surface area contributed by atoms with Gasteiger partial charge in [-0.3, -0.25) is 0 Å². The van der Waals surface area contributed by atoms with Crippen molar-refractivity contribution in [1.29, 1.82) is 0 Å². The van der Waals surface area contributed by atoms with Gasteiger partial charge in [0.2, 0.25) is 0 Å². The Hall–Kier alpha value is -1.42. The number of fused-ring (bicyclic) bond motifs is 1. The molecule has 1 aromatic heterocycles. The van der Waals surface area contributed by atoms with Crippen molar-refractivity contribution in [2.45, 2.75) is 13.8 Å². The molecule has 3 nitrogen and oxygen atoms in total. The minimum Gasteiger partial charge on any atom is -0.411 e. The highest BCUT2D eigenvalue weighted by atomic mass is 32.1. The molecule has 0 fully saturated rings. The Morgan fingerprint density at radius 3 is 2.73 bits per heavy atom. The number of hydrogen-bond acceptors (Lipinski definition) is 4. The number of hydrogen-bond donors (Lipinski definition) is 1. The lowest BCUT2D eigenvalue weighted by Crippen LogP contribution is -2.08. The van der Waals surface area contributed by atoms with Gasteiger partial charge in [0.05, 0.1) is 10.2 Å². The maximum atomic E-state index is 8.93. The van der Waals surface area contributed by atoms with E-state index < -0.39 is 0 Å². The van der Waals surface area contributed by atoms with Gasteiger partial charge in [-0.15, -0.1) is 11.3 Å². The summed E-state index contributed by atoms with van der Waals surface area (Å²) in [5.74, 6) is 0.176. The van der Waals surface area contributed by atoms with E-state index in [1.54, 1.807) is 11.3 Å². The van der Waals surface area contributed by atoms with Crippen LogP contribution in [0.5, 0.6) is 0 Å². The van der Waals surface area contributed by atoms with Gasteiger partial charge in [0, 0.05) is 5.92 Å². The zero-order valence-electron chi connectivity index (χ0n) is 8.64. The predicted octanol–water partition coefficient (Wildman–Crippen LogP) is 3.13. The standard InChI is InChI=1S/C11H12N2OS/c1-7(2)10(13-14)11-12-8-5-3-4-6-9(8)15-11/h3-7,14H,1-2H3/b13-10+. The van der Waals surface area contributed by atoms with E-state index in [0.717, 1.165) is 15.2 Å². The predicted molar refractivity (Wildman–Crippen MR) is 62.8 cm³/mol. The zero-order valence-corrected chi connectivity index (χ0v) is 9.45. The van der Waals surface area contributed by atoms with Crippen molar-refractivity contribution in [2.24, 2.45) is 11.1 Å². The van der Waals surface area contributed by atoms with Crippen molar-refractivity contribution < 1.29 is 5.21 Å². The number of aromatic nitrogens is 1. The number of thiazole rings is 1. The van der Waals surface area contributed by atoms with Crippen LogP contribution in [0.4, 0.5) is 0 Å². The van der Waals surface area contributed by atoms with Crippen LogP contribution >= 0.6 is 11.3 Å². The van der Waals surface area contributed by atoms with E-state index in [9.17, 15) is 0 Å². The highest BCUT2D eigenvalue weighted by Gasteiger charge is 2.13. The first-order valence-electron chi connectivity index (χ1n) is 4.80. The van der Waals surface area contributed by atoms with Gasteiger partial charge in [0.25, 0.3) is 0 Å². The van der Waals surface area contributed by atoms with Crippen LogP contribution in [-0.2, 0) is 0 Å². The second-order valence-electron chi connectivity index (χ2n) is 3.63. The van der Waals surface area contributed by atoms with Crippen LogP contribution < -0.4 is 0 Å². The second-order valence-corrected chi connectivity index (χ2v) is 4.66. The maximum Gasteiger partial charge on any atom is 0.142 e. The Bertz CT molecular complexity index is 469. The minimum absolute atomic E-state index is 0.176. The second kappa shape index (κ2) is 3.98. The first-order valence-corrected chi connectivity index (χ1v) is 5.62. The third-order valence-electron chi connectivity index (χ3n) is 2.17. The molecular weight excluding hydrogens is 208 g/mol. The molecule has 78 valence electrons. The van der Waals surface area contributed by atoms with Crippen LogP contribution in [0.2, 0.25) is 0 Å². The summed E-state index contributed by atoms with van der Waals surface area (Å²) in [5.41, 5.74) is 1.61. The average Bonchev–Trinajstić information content (AvgIpc) is 2.61. The smallest absolute Gasteiger partial charge is 0.142 e. The maximum absolute atomic E-state index is 8.93. The Labute approximate surface area is 92.1 Å². The Kier molecular flexibility index (Phi) is 2.68. The zero-order chi connectivity index (χ0) is 10.8. The normalized spacial score (nSPS) is 12.6. The summed E-state index contributed by atoms with van der Waals surface area (Å²) in [5, 5.41) is 13.0. The number of oxime groups is 1. The topological polar surface area (TPSA) is 45.5 Å². The quantitative estimate of drug-likeness (QED) is 0.480. The van der Waals surface area contributed by atoms with Crippen LogP contribution in [0.15, 0.2) is 29.4 Å². The van der Waals surface area contributed by atoms with Crippen molar-refractivity contribution >= 4 is 27.3 Å². The summed E-state index contributed by atoms with van der Waals surface area (Å²) in [6.07, 6.45) is 0. The summed E-state index contributed by atoms with van der Waals surface area (Å²) in [6.45, 7) is 3.97. The molecule has 0 unspecified atom stereocenters. The van der Waals surface area contributed by atoms with Gasteiger partial charge < -0.3 is 5.21 Å². The fraction of sp³-hybridized carbons (Fsp3) is 0.273. The lowest BCUT2D eigenvalue weighted by molar-refractivity contribution is 0.316. The number of para-hydroxylation sites is 1. The van der Waals surface area contributed by atoms with Crippen molar-refractivity contribution in [1.82, 2.24) is 4.98 Å². The van der Waals surface area contributed by atoms with Gasteiger partial charge in [0.1, 0.15) is 10.7 Å².